The molecule has 0 saturated carbocycles. The summed E-state index contributed by atoms with van der Waals surface area (Å²) < 4.78 is 39.3. The van der Waals surface area contributed by atoms with Gasteiger partial charge in [0.15, 0.2) is 0 Å². The van der Waals surface area contributed by atoms with Crippen LogP contribution in [-0.2, 0) is 6.18 Å². The Morgan fingerprint density at radius 1 is 1.12 bits per heavy atom. The number of halogens is 4. The van der Waals surface area contributed by atoms with Crippen LogP contribution in [0, 0.1) is 0 Å². The lowest BCUT2D eigenvalue weighted by atomic mass is 10.1. The molecular weight excluding hydrogens is 371 g/mol. The topological polar surface area (TPSA) is 71.1 Å². The van der Waals surface area contributed by atoms with E-state index < -0.39 is 29.2 Å². The SMILES string of the molecule is CCCNC(=O)c1cncc(C(=O)Nc2ccc(Cl)cc2C(F)(F)F)c1. The van der Waals surface area contributed by atoms with Crippen molar-refractivity contribution in [2.45, 2.75) is 19.5 Å². The van der Waals surface area contributed by atoms with Crippen molar-refractivity contribution in [3.63, 3.8) is 0 Å². The first-order valence-corrected chi connectivity index (χ1v) is 8.01. The van der Waals surface area contributed by atoms with E-state index in [0.717, 1.165) is 24.8 Å². The minimum absolute atomic E-state index is 0.0442. The van der Waals surface area contributed by atoms with Gasteiger partial charge in [-0.1, -0.05) is 18.5 Å². The molecule has 1 aromatic carbocycles. The summed E-state index contributed by atoms with van der Waals surface area (Å²) >= 11 is 5.61. The van der Waals surface area contributed by atoms with Gasteiger partial charge in [0, 0.05) is 24.0 Å². The summed E-state index contributed by atoms with van der Waals surface area (Å²) in [6.07, 6.45) is -1.52. The van der Waals surface area contributed by atoms with Gasteiger partial charge in [-0.2, -0.15) is 13.2 Å². The molecule has 9 heteroatoms. The Balaban J connectivity index is 2.25. The van der Waals surface area contributed by atoms with Gasteiger partial charge in [-0.3, -0.25) is 14.6 Å². The molecule has 2 rings (SSSR count). The Bertz CT molecular complexity index is 825. The predicted octanol–water partition coefficient (Wildman–Crippen LogP) is 4.15. The number of amides is 2. The highest BCUT2D eigenvalue weighted by Crippen LogP contribution is 2.36. The van der Waals surface area contributed by atoms with Crippen LogP contribution in [0.1, 0.15) is 39.6 Å². The van der Waals surface area contributed by atoms with E-state index in [2.05, 4.69) is 15.6 Å². The Labute approximate surface area is 152 Å². The van der Waals surface area contributed by atoms with Gasteiger partial charge in [-0.15, -0.1) is 0 Å². The minimum atomic E-state index is -4.69. The van der Waals surface area contributed by atoms with Crippen molar-refractivity contribution >= 4 is 29.1 Å². The lowest BCUT2D eigenvalue weighted by molar-refractivity contribution is -0.136. The van der Waals surface area contributed by atoms with Crippen molar-refractivity contribution in [2.75, 3.05) is 11.9 Å². The van der Waals surface area contributed by atoms with Crippen molar-refractivity contribution in [2.24, 2.45) is 0 Å². The second-order valence-corrected chi connectivity index (χ2v) is 5.80. The number of hydrogen-bond donors (Lipinski definition) is 2. The lowest BCUT2D eigenvalue weighted by Gasteiger charge is -2.14. The Kier molecular flexibility index (Phi) is 6.20. The molecule has 0 bridgehead atoms. The van der Waals surface area contributed by atoms with E-state index in [1.165, 1.54) is 18.3 Å². The third-order valence-electron chi connectivity index (χ3n) is 3.33. The molecule has 2 N–H and O–H groups in total. The normalized spacial score (nSPS) is 11.1. The number of nitrogens with zero attached hydrogens (tertiary/aromatic N) is 1. The molecule has 2 amide bonds. The monoisotopic (exact) mass is 385 g/mol. The summed E-state index contributed by atoms with van der Waals surface area (Å²) in [5, 5.41) is 4.70. The molecule has 0 unspecified atom stereocenters. The highest BCUT2D eigenvalue weighted by Gasteiger charge is 2.34. The van der Waals surface area contributed by atoms with Crippen molar-refractivity contribution in [3.8, 4) is 0 Å². The summed E-state index contributed by atoms with van der Waals surface area (Å²) in [6, 6.07) is 4.29. The maximum absolute atomic E-state index is 13.1. The van der Waals surface area contributed by atoms with Crippen LogP contribution in [0.25, 0.3) is 0 Å². The van der Waals surface area contributed by atoms with Crippen LogP contribution in [0.2, 0.25) is 5.02 Å². The van der Waals surface area contributed by atoms with Crippen molar-refractivity contribution in [1.29, 1.82) is 0 Å². The van der Waals surface area contributed by atoms with Crippen LogP contribution in [0.15, 0.2) is 36.7 Å². The molecule has 0 atom stereocenters. The number of hydrogen-bond acceptors (Lipinski definition) is 3. The minimum Gasteiger partial charge on any atom is -0.352 e. The predicted molar refractivity (Wildman–Crippen MR) is 91.3 cm³/mol. The molecule has 2 aromatic rings. The molecule has 0 aliphatic carbocycles. The summed E-state index contributed by atoms with van der Waals surface area (Å²) in [6.45, 7) is 2.34. The van der Waals surface area contributed by atoms with E-state index in [4.69, 9.17) is 11.6 Å². The first-order chi connectivity index (χ1) is 12.2. The fourth-order valence-corrected chi connectivity index (χ4v) is 2.26. The quantitative estimate of drug-likeness (QED) is 0.812. The maximum Gasteiger partial charge on any atom is 0.418 e. The van der Waals surface area contributed by atoms with Gasteiger partial charge in [0.25, 0.3) is 11.8 Å². The van der Waals surface area contributed by atoms with Gasteiger partial charge in [-0.05, 0) is 30.7 Å². The van der Waals surface area contributed by atoms with Crippen LogP contribution in [0.3, 0.4) is 0 Å². The zero-order valence-electron chi connectivity index (χ0n) is 13.7. The molecule has 26 heavy (non-hydrogen) atoms. The Morgan fingerprint density at radius 3 is 2.38 bits per heavy atom. The van der Waals surface area contributed by atoms with Gasteiger partial charge in [0.2, 0.25) is 0 Å². The van der Waals surface area contributed by atoms with Crippen molar-refractivity contribution < 1.29 is 22.8 Å². The van der Waals surface area contributed by atoms with E-state index in [0.29, 0.717) is 6.54 Å². The van der Waals surface area contributed by atoms with Gasteiger partial charge < -0.3 is 10.6 Å². The Hall–Kier alpha value is -2.61. The number of carbonyl (C=O) groups is 2. The molecule has 0 saturated heterocycles. The maximum atomic E-state index is 13.1. The van der Waals surface area contributed by atoms with Gasteiger partial charge in [0.05, 0.1) is 22.4 Å². The smallest absolute Gasteiger partial charge is 0.352 e. The highest BCUT2D eigenvalue weighted by atomic mass is 35.5. The summed E-state index contributed by atoms with van der Waals surface area (Å²) in [4.78, 5) is 28.0. The van der Waals surface area contributed by atoms with Gasteiger partial charge in [0.1, 0.15) is 0 Å². The van der Waals surface area contributed by atoms with Crippen LogP contribution >= 0.6 is 11.6 Å². The van der Waals surface area contributed by atoms with Crippen LogP contribution in [-0.4, -0.2) is 23.3 Å². The number of carbonyl (C=O) groups excluding carboxylic acids is 2. The molecular formula is C17H15ClF3N3O2. The first-order valence-electron chi connectivity index (χ1n) is 7.63. The molecule has 0 radical (unpaired) electrons. The number of benzene rings is 1. The van der Waals surface area contributed by atoms with E-state index in [-0.39, 0.29) is 16.1 Å². The fraction of sp³-hybridized carbons (Fsp3) is 0.235. The molecule has 5 nitrogen and oxygen atoms in total. The first kappa shape index (κ1) is 19.7. The number of aromatic nitrogens is 1. The number of rotatable bonds is 5. The van der Waals surface area contributed by atoms with E-state index in [1.54, 1.807) is 0 Å². The summed E-state index contributed by atoms with van der Waals surface area (Å²) in [5.74, 6) is -1.24. The lowest BCUT2D eigenvalue weighted by Crippen LogP contribution is -2.24. The van der Waals surface area contributed by atoms with Crippen molar-refractivity contribution in [1.82, 2.24) is 10.3 Å². The van der Waals surface area contributed by atoms with Crippen LogP contribution < -0.4 is 10.6 Å². The molecule has 1 aromatic heterocycles. The largest absolute Gasteiger partial charge is 0.418 e. The zero-order valence-corrected chi connectivity index (χ0v) is 14.4. The van der Waals surface area contributed by atoms with Crippen molar-refractivity contribution in [3.05, 3.63) is 58.4 Å². The average Bonchev–Trinajstić information content (AvgIpc) is 2.60. The summed E-state index contributed by atoms with van der Waals surface area (Å²) in [7, 11) is 0. The number of pyridine rings is 1. The number of nitrogens with one attached hydrogen (secondary N) is 2. The number of anilines is 1. The molecule has 1 heterocycles. The Morgan fingerprint density at radius 2 is 1.77 bits per heavy atom. The third-order valence-corrected chi connectivity index (χ3v) is 3.57. The molecule has 0 aliphatic rings. The average molecular weight is 386 g/mol. The van der Waals surface area contributed by atoms with Crippen LogP contribution in [0.4, 0.5) is 18.9 Å². The molecule has 138 valence electrons. The molecule has 0 aliphatic heterocycles. The van der Waals surface area contributed by atoms with Gasteiger partial charge in [-0.25, -0.2) is 0 Å². The number of alkyl halides is 3. The van der Waals surface area contributed by atoms with E-state index in [9.17, 15) is 22.8 Å². The van der Waals surface area contributed by atoms with E-state index in [1.807, 2.05) is 6.92 Å². The van der Waals surface area contributed by atoms with E-state index >= 15 is 0 Å². The second-order valence-electron chi connectivity index (χ2n) is 5.36. The fourth-order valence-electron chi connectivity index (χ4n) is 2.08. The molecule has 0 fully saturated rings. The van der Waals surface area contributed by atoms with Gasteiger partial charge >= 0.3 is 6.18 Å². The third kappa shape index (κ3) is 4.95. The highest BCUT2D eigenvalue weighted by molar-refractivity contribution is 6.30. The standard InChI is InChI=1S/C17H15ClF3N3O2/c1-2-5-23-15(25)10-6-11(9-22-8-10)16(26)24-14-4-3-12(18)7-13(14)17(19,20)21/h3-4,6-9H,2,5H2,1H3,(H,23,25)(H,24,26). The zero-order chi connectivity index (χ0) is 19.3. The van der Waals surface area contributed by atoms with Crippen LogP contribution in [0.5, 0.6) is 0 Å². The second kappa shape index (κ2) is 8.18. The summed E-state index contributed by atoms with van der Waals surface area (Å²) in [5.41, 5.74) is -1.41. The molecule has 0 spiro atoms.